The minimum absolute atomic E-state index is 0.0263. The average molecular weight is 203 g/mol. The van der Waals surface area contributed by atoms with Gasteiger partial charge in [0, 0.05) is 19.8 Å². The number of hydrogen-bond acceptors (Lipinski definition) is 4. The van der Waals surface area contributed by atoms with Gasteiger partial charge in [0.05, 0.1) is 6.61 Å². The summed E-state index contributed by atoms with van der Waals surface area (Å²) in [6, 6.07) is 0. The molecule has 1 heterocycles. The molecule has 1 aliphatic rings. The zero-order valence-corrected chi connectivity index (χ0v) is 8.15. The molecule has 1 saturated heterocycles. The molecule has 0 aromatic heterocycles. The van der Waals surface area contributed by atoms with Gasteiger partial charge in [0.1, 0.15) is 0 Å². The Morgan fingerprint density at radius 3 is 2.71 bits per heavy atom. The second-order valence-corrected chi connectivity index (χ2v) is 3.45. The molecule has 0 aliphatic carbocycles. The number of ether oxygens (including phenoxy) is 2. The molecular formula is C9H17NO4. The van der Waals surface area contributed by atoms with Crippen LogP contribution in [0.25, 0.3) is 0 Å². The third-order valence-corrected chi connectivity index (χ3v) is 2.36. The minimum atomic E-state index is -0.987. The summed E-state index contributed by atoms with van der Waals surface area (Å²) in [6.07, 6.45) is 1.02. The fourth-order valence-corrected chi connectivity index (χ4v) is 1.41. The van der Waals surface area contributed by atoms with Crippen molar-refractivity contribution in [3.05, 3.63) is 0 Å². The molecule has 0 amide bonds. The highest BCUT2D eigenvalue weighted by Crippen LogP contribution is 2.15. The molecule has 1 atom stereocenters. The number of carboxylic acids is 1. The van der Waals surface area contributed by atoms with Gasteiger partial charge in [-0.1, -0.05) is 0 Å². The summed E-state index contributed by atoms with van der Waals surface area (Å²) in [4.78, 5) is 10.6. The van der Waals surface area contributed by atoms with Crippen LogP contribution in [0.5, 0.6) is 0 Å². The molecule has 5 heteroatoms. The first-order valence-electron chi connectivity index (χ1n) is 4.86. The maximum Gasteiger partial charge on any atom is 0.334 e. The number of carbonyl (C=O) groups is 1. The summed E-state index contributed by atoms with van der Waals surface area (Å²) < 4.78 is 10.4. The van der Waals surface area contributed by atoms with Crippen LogP contribution in [0.4, 0.5) is 0 Å². The van der Waals surface area contributed by atoms with Gasteiger partial charge >= 0.3 is 5.97 Å². The van der Waals surface area contributed by atoms with Crippen molar-refractivity contribution in [3.8, 4) is 0 Å². The van der Waals surface area contributed by atoms with Gasteiger partial charge in [-0.25, -0.2) is 4.79 Å². The van der Waals surface area contributed by atoms with E-state index in [1.807, 2.05) is 0 Å². The molecule has 0 bridgehead atoms. The first kappa shape index (κ1) is 11.4. The summed E-state index contributed by atoms with van der Waals surface area (Å²) in [6.45, 7) is 1.98. The average Bonchev–Trinajstić information content (AvgIpc) is 2.20. The van der Waals surface area contributed by atoms with Crippen LogP contribution in [0, 0.1) is 5.92 Å². The third-order valence-electron chi connectivity index (χ3n) is 2.36. The van der Waals surface area contributed by atoms with Crippen LogP contribution in [-0.2, 0) is 14.3 Å². The molecule has 1 aliphatic heterocycles. The van der Waals surface area contributed by atoms with Crippen LogP contribution in [-0.4, -0.2) is 43.5 Å². The number of carboxylic acid groups (broad SMARTS) is 1. The Kier molecular flexibility index (Phi) is 4.86. The summed E-state index contributed by atoms with van der Waals surface area (Å²) in [5.74, 6) is -0.572. The molecule has 1 rings (SSSR count). The Hall–Kier alpha value is -0.650. The maximum atomic E-state index is 10.6. The summed E-state index contributed by atoms with van der Waals surface area (Å²) in [7, 11) is 0. The highest BCUT2D eigenvalue weighted by molar-refractivity contribution is 5.72. The third kappa shape index (κ3) is 3.61. The molecule has 0 spiro atoms. The Morgan fingerprint density at radius 1 is 1.57 bits per heavy atom. The first-order valence-corrected chi connectivity index (χ1v) is 4.86. The molecule has 3 N–H and O–H groups in total. The van der Waals surface area contributed by atoms with E-state index in [0.29, 0.717) is 12.5 Å². The lowest BCUT2D eigenvalue weighted by atomic mass is 10.0. The van der Waals surface area contributed by atoms with E-state index in [1.54, 1.807) is 0 Å². The van der Waals surface area contributed by atoms with E-state index in [4.69, 9.17) is 20.3 Å². The highest BCUT2D eigenvalue weighted by atomic mass is 16.5. The fourth-order valence-electron chi connectivity index (χ4n) is 1.41. The van der Waals surface area contributed by atoms with Gasteiger partial charge in [-0.15, -0.1) is 0 Å². The minimum Gasteiger partial charge on any atom is -0.479 e. The van der Waals surface area contributed by atoms with Gasteiger partial charge in [0.25, 0.3) is 0 Å². The van der Waals surface area contributed by atoms with Gasteiger partial charge in [-0.3, -0.25) is 0 Å². The van der Waals surface area contributed by atoms with Crippen molar-refractivity contribution in [2.45, 2.75) is 18.9 Å². The molecule has 5 nitrogen and oxygen atoms in total. The zero-order valence-electron chi connectivity index (χ0n) is 8.15. The van der Waals surface area contributed by atoms with E-state index >= 15 is 0 Å². The van der Waals surface area contributed by atoms with Crippen LogP contribution in [0.2, 0.25) is 0 Å². The van der Waals surface area contributed by atoms with E-state index in [-0.39, 0.29) is 6.54 Å². The molecule has 1 unspecified atom stereocenters. The van der Waals surface area contributed by atoms with E-state index < -0.39 is 12.1 Å². The molecule has 0 aromatic rings. The smallest absolute Gasteiger partial charge is 0.334 e. The SMILES string of the molecule is NCC(OCC1CCOCC1)C(=O)O. The van der Waals surface area contributed by atoms with E-state index in [0.717, 1.165) is 26.1 Å². The van der Waals surface area contributed by atoms with Gasteiger partial charge in [0.2, 0.25) is 0 Å². The summed E-state index contributed by atoms with van der Waals surface area (Å²) in [5.41, 5.74) is 5.26. The largest absolute Gasteiger partial charge is 0.479 e. The Balaban J connectivity index is 2.20. The monoisotopic (exact) mass is 203 g/mol. The van der Waals surface area contributed by atoms with Gasteiger partial charge in [-0.05, 0) is 18.8 Å². The first-order chi connectivity index (χ1) is 6.74. The van der Waals surface area contributed by atoms with Crippen LogP contribution in [0.3, 0.4) is 0 Å². The normalized spacial score (nSPS) is 20.6. The highest BCUT2D eigenvalue weighted by Gasteiger charge is 2.20. The topological polar surface area (TPSA) is 81.8 Å². The molecular weight excluding hydrogens is 186 g/mol. The lowest BCUT2D eigenvalue weighted by Crippen LogP contribution is -2.34. The van der Waals surface area contributed by atoms with Crippen molar-refractivity contribution in [2.24, 2.45) is 11.7 Å². The van der Waals surface area contributed by atoms with Gasteiger partial charge in [-0.2, -0.15) is 0 Å². The Bertz CT molecular complexity index is 180. The predicted octanol–water partition coefficient (Wildman–Crippen LogP) is -0.159. The molecule has 0 radical (unpaired) electrons. The second kappa shape index (κ2) is 5.95. The number of aliphatic carboxylic acids is 1. The molecule has 1 fully saturated rings. The predicted molar refractivity (Wildman–Crippen MR) is 50.0 cm³/mol. The molecule has 0 saturated carbocycles. The number of rotatable bonds is 5. The van der Waals surface area contributed by atoms with E-state index in [2.05, 4.69) is 0 Å². The van der Waals surface area contributed by atoms with Crippen LogP contribution < -0.4 is 5.73 Å². The molecule has 0 aromatic carbocycles. The van der Waals surface area contributed by atoms with Gasteiger partial charge < -0.3 is 20.3 Å². The van der Waals surface area contributed by atoms with Crippen LogP contribution in [0.1, 0.15) is 12.8 Å². The lowest BCUT2D eigenvalue weighted by Gasteiger charge is -2.23. The Labute approximate surface area is 83.2 Å². The van der Waals surface area contributed by atoms with Gasteiger partial charge in [0.15, 0.2) is 6.10 Å². The zero-order chi connectivity index (χ0) is 10.4. The van der Waals surface area contributed by atoms with Crippen molar-refractivity contribution >= 4 is 5.97 Å². The van der Waals surface area contributed by atoms with Crippen LogP contribution in [0.15, 0.2) is 0 Å². The lowest BCUT2D eigenvalue weighted by molar-refractivity contribution is -0.151. The summed E-state index contributed by atoms with van der Waals surface area (Å²) in [5, 5.41) is 8.67. The van der Waals surface area contributed by atoms with E-state index in [9.17, 15) is 4.79 Å². The maximum absolute atomic E-state index is 10.6. The van der Waals surface area contributed by atoms with Crippen molar-refractivity contribution in [3.63, 3.8) is 0 Å². The fraction of sp³-hybridized carbons (Fsp3) is 0.889. The standard InChI is InChI=1S/C9H17NO4/c10-5-8(9(11)12)14-6-7-1-3-13-4-2-7/h7-8H,1-6,10H2,(H,11,12). The number of hydrogen-bond donors (Lipinski definition) is 2. The number of nitrogens with two attached hydrogens (primary N) is 1. The Morgan fingerprint density at radius 2 is 2.21 bits per heavy atom. The van der Waals surface area contributed by atoms with Crippen molar-refractivity contribution in [2.75, 3.05) is 26.4 Å². The molecule has 82 valence electrons. The second-order valence-electron chi connectivity index (χ2n) is 3.45. The van der Waals surface area contributed by atoms with Crippen molar-refractivity contribution < 1.29 is 19.4 Å². The van der Waals surface area contributed by atoms with Crippen molar-refractivity contribution in [1.29, 1.82) is 0 Å². The van der Waals surface area contributed by atoms with E-state index in [1.165, 1.54) is 0 Å². The van der Waals surface area contributed by atoms with Crippen LogP contribution >= 0.6 is 0 Å². The van der Waals surface area contributed by atoms with Crippen molar-refractivity contribution in [1.82, 2.24) is 0 Å². The summed E-state index contributed by atoms with van der Waals surface area (Å²) >= 11 is 0. The molecule has 14 heavy (non-hydrogen) atoms. The quantitative estimate of drug-likeness (QED) is 0.649.